The molecule has 21 heteroatoms. The Hall–Kier alpha value is -7.56. The first-order valence-electron chi connectivity index (χ1n) is 30.8. The molecule has 0 spiro atoms. The number of piperidine rings is 1. The highest BCUT2D eigenvalue weighted by Crippen LogP contribution is 2.49. The van der Waals surface area contributed by atoms with Crippen LogP contribution in [0.15, 0.2) is 144 Å². The summed E-state index contributed by atoms with van der Waals surface area (Å²) >= 11 is 0. The Morgan fingerprint density at radius 2 is 1.47 bits per heavy atom. The lowest BCUT2D eigenvalue weighted by Crippen LogP contribution is -2.42. The van der Waals surface area contributed by atoms with Gasteiger partial charge in [-0.05, 0) is 132 Å². The number of imidazole rings is 1. The summed E-state index contributed by atoms with van der Waals surface area (Å²) in [6, 6.07) is 27.5. The van der Waals surface area contributed by atoms with Gasteiger partial charge in [0.15, 0.2) is 5.71 Å². The van der Waals surface area contributed by atoms with Gasteiger partial charge in [-0.25, -0.2) is 13.4 Å². The van der Waals surface area contributed by atoms with Crippen LogP contribution in [0.4, 0.5) is 28.4 Å². The van der Waals surface area contributed by atoms with Gasteiger partial charge < -0.3 is 30.0 Å². The minimum atomic E-state index is -4.45. The number of hydrogen-bond donors (Lipinski definition) is 4. The fourth-order valence-electron chi connectivity index (χ4n) is 12.7. The van der Waals surface area contributed by atoms with Crippen LogP contribution >= 0.6 is 0 Å². The molecule has 9 rings (SSSR count). The van der Waals surface area contributed by atoms with Crippen LogP contribution < -0.4 is 25.8 Å². The number of aromatic nitrogens is 2. The van der Waals surface area contributed by atoms with E-state index in [1.807, 2.05) is 105 Å². The second-order valence-corrected chi connectivity index (χ2v) is 27.4. The summed E-state index contributed by atoms with van der Waals surface area (Å²) in [5.74, 6) is -0.295. The smallest absolute Gasteiger partial charge is 0.294 e. The third-order valence-corrected chi connectivity index (χ3v) is 19.1. The Labute approximate surface area is 518 Å². The summed E-state index contributed by atoms with van der Waals surface area (Å²) < 4.78 is 72.6. The standard InChI is InChI=1S/C67H83N9O10S2/c1-66(2)53-23-11-14-26-57(53)74(41-19-20-44-87(81,82)83)60(66)28-7-5-8-29-61-67(3,4)54-45-51(88(84,85)86)32-33-58(54)75(61)40-17-6-9-30-62(77)68-37-38-69-63(78)34-31-50-46-73(48-70-50)39-18-16-21-49-35-42-72(43-36-49)47-64(79)76-56-25-13-10-22-52(56)65(80)71-55-24-12-15-27-59(55)76/h5,7-8,10-15,22-29,32-33,45-46,48-49H,6,9,16-21,30-31,34-44,47H2,1-4H3,(H4-,68,69,71,77,78,80,81,82,83,84,85,86). The van der Waals surface area contributed by atoms with Crippen molar-refractivity contribution in [2.45, 2.75) is 133 Å². The van der Waals surface area contributed by atoms with Crippen LogP contribution in [-0.4, -0.2) is 126 Å². The number of fused-ring (bicyclic) bond motifs is 4. The number of anilines is 4. The van der Waals surface area contributed by atoms with E-state index in [9.17, 15) is 45.1 Å². The summed E-state index contributed by atoms with van der Waals surface area (Å²) in [4.78, 5) is 63.0. The van der Waals surface area contributed by atoms with Crippen LogP contribution in [-0.2, 0) is 58.4 Å². The first-order valence-corrected chi connectivity index (χ1v) is 33.8. The van der Waals surface area contributed by atoms with Crippen molar-refractivity contribution in [1.29, 1.82) is 0 Å². The molecular formula is C67H83N9O10S2. The molecule has 0 radical (unpaired) electrons. The molecule has 1 aromatic heterocycles. The number of nitrogens with one attached hydrogen (secondary N) is 3. The monoisotopic (exact) mass is 1240 g/mol. The Morgan fingerprint density at radius 3 is 2.23 bits per heavy atom. The van der Waals surface area contributed by atoms with Gasteiger partial charge in [-0.15, -0.1) is 0 Å². The molecule has 4 aliphatic rings. The zero-order valence-electron chi connectivity index (χ0n) is 51.0. The number of unbranched alkanes of at least 4 members (excludes halogenated alkanes) is 4. The number of rotatable bonds is 28. The minimum Gasteiger partial charge on any atom is -0.748 e. The number of benzene rings is 4. The van der Waals surface area contributed by atoms with Crippen molar-refractivity contribution in [3.8, 4) is 0 Å². The maximum Gasteiger partial charge on any atom is 0.294 e. The molecule has 5 heterocycles. The van der Waals surface area contributed by atoms with Gasteiger partial charge in [-0.2, -0.15) is 13.0 Å². The quantitative estimate of drug-likeness (QED) is 0.0158. The first-order chi connectivity index (χ1) is 42.1. The molecule has 1 saturated heterocycles. The highest BCUT2D eigenvalue weighted by atomic mass is 32.2. The van der Waals surface area contributed by atoms with Crippen molar-refractivity contribution < 1.29 is 49.7 Å². The summed E-state index contributed by atoms with van der Waals surface area (Å²) in [6.07, 6.45) is 23.1. The Morgan fingerprint density at radius 1 is 0.761 bits per heavy atom. The fourth-order valence-corrected chi connectivity index (χ4v) is 13.8. The molecule has 4 aliphatic heterocycles. The normalized spacial score (nSPS) is 17.1. The zero-order chi connectivity index (χ0) is 62.6. The molecule has 0 atom stereocenters. The molecule has 0 saturated carbocycles. The van der Waals surface area contributed by atoms with E-state index < -0.39 is 31.4 Å². The van der Waals surface area contributed by atoms with Gasteiger partial charge >= 0.3 is 0 Å². The molecule has 0 unspecified atom stereocenters. The van der Waals surface area contributed by atoms with E-state index in [1.165, 1.54) is 12.1 Å². The number of hydrogen-bond acceptors (Lipinski definition) is 12. The van der Waals surface area contributed by atoms with Gasteiger partial charge in [0, 0.05) is 91.9 Å². The molecule has 1 fully saturated rings. The van der Waals surface area contributed by atoms with Gasteiger partial charge in [0.25, 0.3) is 16.0 Å². The van der Waals surface area contributed by atoms with Gasteiger partial charge in [-0.1, -0.05) is 93.8 Å². The Kier molecular flexibility index (Phi) is 21.2. The van der Waals surface area contributed by atoms with Crippen LogP contribution in [0.5, 0.6) is 0 Å². The second-order valence-electron chi connectivity index (χ2n) is 24.4. The van der Waals surface area contributed by atoms with Crippen LogP contribution in [0.2, 0.25) is 0 Å². The van der Waals surface area contributed by atoms with E-state index in [2.05, 4.69) is 71.9 Å². The van der Waals surface area contributed by atoms with Gasteiger partial charge in [0.05, 0.1) is 61.6 Å². The lowest BCUT2D eigenvalue weighted by atomic mass is 9.81. The van der Waals surface area contributed by atoms with E-state index >= 15 is 0 Å². The molecular weight excluding hydrogens is 1150 g/mol. The van der Waals surface area contributed by atoms with Gasteiger partial charge in [0.2, 0.25) is 23.4 Å². The third-order valence-electron chi connectivity index (χ3n) is 17.4. The van der Waals surface area contributed by atoms with E-state index in [1.54, 1.807) is 17.0 Å². The predicted molar refractivity (Wildman–Crippen MR) is 342 cm³/mol. The van der Waals surface area contributed by atoms with Crippen LogP contribution in [0.3, 0.4) is 0 Å². The number of nitrogens with zero attached hydrogens (tertiary/aromatic N) is 6. The number of aryl methyl sites for hydroxylation is 2. The van der Waals surface area contributed by atoms with Crippen molar-refractivity contribution in [2.24, 2.45) is 5.92 Å². The molecule has 19 nitrogen and oxygen atoms in total. The highest BCUT2D eigenvalue weighted by molar-refractivity contribution is 7.86. The number of para-hydroxylation sites is 4. The topological polar surface area (TPSA) is 246 Å². The third kappa shape index (κ3) is 16.2. The largest absolute Gasteiger partial charge is 0.748 e. The number of carbonyl (C=O) groups is 4. The van der Waals surface area contributed by atoms with Crippen molar-refractivity contribution in [3.05, 3.63) is 162 Å². The average molecular weight is 1240 g/mol. The number of amides is 4. The number of likely N-dealkylation sites (tertiary alicyclic amines) is 1. The molecule has 4 amide bonds. The average Bonchev–Trinajstić information content (AvgIpc) is 1.71. The van der Waals surface area contributed by atoms with Crippen molar-refractivity contribution in [1.82, 2.24) is 25.1 Å². The van der Waals surface area contributed by atoms with E-state index in [4.69, 9.17) is 0 Å². The van der Waals surface area contributed by atoms with Crippen LogP contribution in [0.1, 0.15) is 132 Å². The number of carbonyl (C=O) groups excluding carboxylic acids is 4. The van der Waals surface area contributed by atoms with Gasteiger partial charge in [0.1, 0.15) is 6.54 Å². The van der Waals surface area contributed by atoms with Crippen molar-refractivity contribution >= 4 is 78.0 Å². The summed E-state index contributed by atoms with van der Waals surface area (Å²) in [5.41, 5.74) is 8.03. The molecule has 4 N–H and O–H groups in total. The Bertz CT molecular complexity index is 3730. The van der Waals surface area contributed by atoms with Crippen molar-refractivity contribution in [3.63, 3.8) is 0 Å². The molecule has 88 heavy (non-hydrogen) atoms. The van der Waals surface area contributed by atoms with Crippen LogP contribution in [0.25, 0.3) is 0 Å². The highest BCUT2D eigenvalue weighted by Gasteiger charge is 2.44. The lowest BCUT2D eigenvalue weighted by molar-refractivity contribution is -0.438. The van der Waals surface area contributed by atoms with E-state index in [-0.39, 0.29) is 53.3 Å². The van der Waals surface area contributed by atoms with Crippen molar-refractivity contribution in [2.75, 3.05) is 66.7 Å². The molecule has 5 aromatic rings. The van der Waals surface area contributed by atoms with Crippen LogP contribution in [0, 0.1) is 5.92 Å². The van der Waals surface area contributed by atoms with E-state index in [0.717, 1.165) is 104 Å². The minimum absolute atomic E-state index is 0.0595. The lowest BCUT2D eigenvalue weighted by Gasteiger charge is -2.33. The van der Waals surface area contributed by atoms with E-state index in [0.29, 0.717) is 80.4 Å². The Balaban J connectivity index is 0.661. The fraction of sp³-hybridized carbons (Fsp3) is 0.433. The first kappa shape index (κ1) is 64.9. The molecule has 4 aromatic carbocycles. The van der Waals surface area contributed by atoms with Gasteiger partial charge in [-0.3, -0.25) is 33.5 Å². The molecule has 468 valence electrons. The molecule has 0 bridgehead atoms. The number of allylic oxidation sites excluding steroid dienone is 6. The summed E-state index contributed by atoms with van der Waals surface area (Å²) in [6.45, 7) is 12.9. The maximum atomic E-state index is 13.9. The molecule has 0 aliphatic carbocycles. The zero-order valence-corrected chi connectivity index (χ0v) is 52.6. The maximum absolute atomic E-state index is 13.9. The summed E-state index contributed by atoms with van der Waals surface area (Å²) in [7, 11) is -8.75. The second kappa shape index (κ2) is 28.7. The predicted octanol–water partition coefficient (Wildman–Crippen LogP) is 9.86. The summed E-state index contributed by atoms with van der Waals surface area (Å²) in [5, 5.41) is 8.78. The SMILES string of the molecule is CC1(C)C(/C=C/C=C/C=C2/N(CCCCCC(=O)NCCNC(=O)CCc3cn(CCCCC4CCN(CC(=O)N5c6ccccc6NC(=O)c6ccccc65)CC4)cn3)c3ccc(S(=O)(=O)O)cc3C2(C)C)=[N+](CCCCS(=O)(=O)[O-])c2ccccc21.